The molecule has 4 heteroatoms. The van der Waals surface area contributed by atoms with Crippen molar-refractivity contribution >= 4 is 17.3 Å². The SMILES string of the molecule is CCN(Cc1c(C)nn(C)c1Cl)c1ccccc1C. The molecule has 2 aromatic rings. The van der Waals surface area contributed by atoms with Crippen molar-refractivity contribution in [3.63, 3.8) is 0 Å². The Kier molecular flexibility index (Phi) is 4.15. The molecule has 1 heterocycles. The molecular weight excluding hydrogens is 258 g/mol. The molecule has 102 valence electrons. The monoisotopic (exact) mass is 277 g/mol. The molecule has 0 aliphatic carbocycles. The molecule has 0 unspecified atom stereocenters. The van der Waals surface area contributed by atoms with Crippen LogP contribution in [0.25, 0.3) is 0 Å². The van der Waals surface area contributed by atoms with E-state index in [1.165, 1.54) is 11.3 Å². The van der Waals surface area contributed by atoms with Crippen LogP contribution in [0.4, 0.5) is 5.69 Å². The molecule has 3 nitrogen and oxygen atoms in total. The fraction of sp³-hybridized carbons (Fsp3) is 0.400. The molecule has 0 saturated carbocycles. The average molecular weight is 278 g/mol. The Hall–Kier alpha value is -1.48. The molecule has 0 amide bonds. The summed E-state index contributed by atoms with van der Waals surface area (Å²) < 4.78 is 1.73. The van der Waals surface area contributed by atoms with Crippen molar-refractivity contribution in [1.82, 2.24) is 9.78 Å². The van der Waals surface area contributed by atoms with E-state index in [0.717, 1.165) is 29.5 Å². The van der Waals surface area contributed by atoms with Gasteiger partial charge in [-0.1, -0.05) is 29.8 Å². The normalized spacial score (nSPS) is 10.8. The van der Waals surface area contributed by atoms with Gasteiger partial charge in [-0.05, 0) is 32.4 Å². The van der Waals surface area contributed by atoms with Crippen molar-refractivity contribution in [3.8, 4) is 0 Å². The molecule has 1 aromatic carbocycles. The summed E-state index contributed by atoms with van der Waals surface area (Å²) in [6.07, 6.45) is 0. The van der Waals surface area contributed by atoms with Gasteiger partial charge in [0.1, 0.15) is 5.15 Å². The molecule has 19 heavy (non-hydrogen) atoms. The van der Waals surface area contributed by atoms with Gasteiger partial charge in [0.2, 0.25) is 0 Å². The van der Waals surface area contributed by atoms with E-state index in [4.69, 9.17) is 11.6 Å². The van der Waals surface area contributed by atoms with Crippen LogP contribution < -0.4 is 4.90 Å². The Bertz CT molecular complexity index is 575. The molecule has 0 N–H and O–H groups in total. The van der Waals surface area contributed by atoms with E-state index >= 15 is 0 Å². The molecule has 1 aromatic heterocycles. The Balaban J connectivity index is 2.32. The second-order valence-corrected chi connectivity index (χ2v) is 5.14. The van der Waals surface area contributed by atoms with Crippen LogP contribution in [0, 0.1) is 13.8 Å². The van der Waals surface area contributed by atoms with Crippen molar-refractivity contribution in [2.45, 2.75) is 27.3 Å². The third-order valence-electron chi connectivity index (χ3n) is 3.46. The zero-order valence-electron chi connectivity index (χ0n) is 11.9. The van der Waals surface area contributed by atoms with E-state index in [9.17, 15) is 0 Å². The third-order valence-corrected chi connectivity index (χ3v) is 3.93. The van der Waals surface area contributed by atoms with E-state index in [1.54, 1.807) is 4.68 Å². The molecule has 0 aliphatic heterocycles. The lowest BCUT2D eigenvalue weighted by Crippen LogP contribution is -2.23. The lowest BCUT2D eigenvalue weighted by Gasteiger charge is -2.25. The van der Waals surface area contributed by atoms with Gasteiger partial charge in [0, 0.05) is 31.4 Å². The Morgan fingerprint density at radius 3 is 2.47 bits per heavy atom. The van der Waals surface area contributed by atoms with Crippen molar-refractivity contribution in [2.75, 3.05) is 11.4 Å². The predicted octanol–water partition coefficient (Wildman–Crippen LogP) is 3.72. The van der Waals surface area contributed by atoms with Crippen LogP contribution in [0.3, 0.4) is 0 Å². The van der Waals surface area contributed by atoms with Crippen LogP contribution in [0.15, 0.2) is 24.3 Å². The van der Waals surface area contributed by atoms with Gasteiger partial charge in [-0.15, -0.1) is 0 Å². The van der Waals surface area contributed by atoms with Gasteiger partial charge in [0.15, 0.2) is 0 Å². The van der Waals surface area contributed by atoms with E-state index in [1.807, 2.05) is 14.0 Å². The number of rotatable bonds is 4. The van der Waals surface area contributed by atoms with E-state index < -0.39 is 0 Å². The minimum Gasteiger partial charge on any atom is -0.367 e. The van der Waals surface area contributed by atoms with Gasteiger partial charge in [0.25, 0.3) is 0 Å². The van der Waals surface area contributed by atoms with Crippen LogP contribution >= 0.6 is 11.6 Å². The number of anilines is 1. The van der Waals surface area contributed by atoms with Gasteiger partial charge < -0.3 is 4.90 Å². The first-order valence-corrected chi connectivity index (χ1v) is 6.91. The molecule has 0 bridgehead atoms. The number of halogens is 1. The van der Waals surface area contributed by atoms with E-state index in [2.05, 4.69) is 48.1 Å². The summed E-state index contributed by atoms with van der Waals surface area (Å²) in [4.78, 5) is 2.32. The standard InChI is InChI=1S/C15H20ClN3/c1-5-19(14-9-7-6-8-11(14)2)10-13-12(3)17-18(4)15(13)16/h6-9H,5,10H2,1-4H3. The Morgan fingerprint density at radius 1 is 1.26 bits per heavy atom. The fourth-order valence-corrected chi connectivity index (χ4v) is 2.56. The lowest BCUT2D eigenvalue weighted by molar-refractivity contribution is 0.757. The Morgan fingerprint density at radius 2 is 1.95 bits per heavy atom. The van der Waals surface area contributed by atoms with E-state index in [-0.39, 0.29) is 0 Å². The van der Waals surface area contributed by atoms with Gasteiger partial charge in [-0.2, -0.15) is 5.10 Å². The van der Waals surface area contributed by atoms with Crippen LogP contribution in [-0.2, 0) is 13.6 Å². The maximum Gasteiger partial charge on any atom is 0.131 e. The highest BCUT2D eigenvalue weighted by atomic mass is 35.5. The molecule has 0 saturated heterocycles. The number of para-hydroxylation sites is 1. The third kappa shape index (κ3) is 2.76. The average Bonchev–Trinajstić information content (AvgIpc) is 2.63. The highest BCUT2D eigenvalue weighted by Gasteiger charge is 2.15. The van der Waals surface area contributed by atoms with Crippen LogP contribution in [0.5, 0.6) is 0 Å². The molecule has 0 fully saturated rings. The lowest BCUT2D eigenvalue weighted by atomic mass is 10.1. The number of aromatic nitrogens is 2. The first kappa shape index (κ1) is 13.9. The van der Waals surface area contributed by atoms with Crippen LogP contribution in [0.1, 0.15) is 23.7 Å². The zero-order valence-corrected chi connectivity index (χ0v) is 12.7. The predicted molar refractivity (Wildman–Crippen MR) is 80.9 cm³/mol. The Labute approximate surface area is 119 Å². The largest absolute Gasteiger partial charge is 0.367 e. The van der Waals surface area contributed by atoms with Crippen molar-refractivity contribution < 1.29 is 0 Å². The van der Waals surface area contributed by atoms with Crippen LogP contribution in [0.2, 0.25) is 5.15 Å². The number of hydrogen-bond acceptors (Lipinski definition) is 2. The van der Waals surface area contributed by atoms with Gasteiger partial charge >= 0.3 is 0 Å². The summed E-state index contributed by atoms with van der Waals surface area (Å²) in [5.74, 6) is 0. The molecular formula is C15H20ClN3. The number of nitrogens with zero attached hydrogens (tertiary/aromatic N) is 3. The molecule has 2 rings (SSSR count). The summed E-state index contributed by atoms with van der Waals surface area (Å²) in [6.45, 7) is 8.03. The molecule has 0 radical (unpaired) electrons. The van der Waals surface area contributed by atoms with E-state index in [0.29, 0.717) is 0 Å². The molecule has 0 aliphatic rings. The topological polar surface area (TPSA) is 21.1 Å². The first-order chi connectivity index (χ1) is 9.04. The number of aryl methyl sites for hydroxylation is 3. The first-order valence-electron chi connectivity index (χ1n) is 6.53. The summed E-state index contributed by atoms with van der Waals surface area (Å²) >= 11 is 6.32. The van der Waals surface area contributed by atoms with Gasteiger partial charge in [-0.3, -0.25) is 4.68 Å². The fourth-order valence-electron chi connectivity index (χ4n) is 2.33. The van der Waals surface area contributed by atoms with Gasteiger partial charge in [-0.25, -0.2) is 0 Å². The minimum absolute atomic E-state index is 0.726. The van der Waals surface area contributed by atoms with Crippen molar-refractivity contribution in [1.29, 1.82) is 0 Å². The minimum atomic E-state index is 0.726. The number of benzene rings is 1. The summed E-state index contributed by atoms with van der Waals surface area (Å²) in [5.41, 5.74) is 4.64. The molecule has 0 atom stereocenters. The summed E-state index contributed by atoms with van der Waals surface area (Å²) in [7, 11) is 1.88. The van der Waals surface area contributed by atoms with Gasteiger partial charge in [0.05, 0.1) is 5.69 Å². The highest BCUT2D eigenvalue weighted by molar-refractivity contribution is 6.30. The summed E-state index contributed by atoms with van der Waals surface area (Å²) in [5, 5.41) is 5.10. The number of hydrogen-bond donors (Lipinski definition) is 0. The maximum absolute atomic E-state index is 6.32. The second-order valence-electron chi connectivity index (χ2n) is 4.78. The van der Waals surface area contributed by atoms with Crippen LogP contribution in [-0.4, -0.2) is 16.3 Å². The quantitative estimate of drug-likeness (QED) is 0.849. The van der Waals surface area contributed by atoms with Crippen molar-refractivity contribution in [3.05, 3.63) is 46.2 Å². The highest BCUT2D eigenvalue weighted by Crippen LogP contribution is 2.25. The zero-order chi connectivity index (χ0) is 14.0. The maximum atomic E-state index is 6.32. The van der Waals surface area contributed by atoms with Crippen molar-refractivity contribution in [2.24, 2.45) is 7.05 Å². The second kappa shape index (κ2) is 5.66. The molecule has 0 spiro atoms. The smallest absolute Gasteiger partial charge is 0.131 e. The summed E-state index contributed by atoms with van der Waals surface area (Å²) in [6, 6.07) is 8.42.